The van der Waals surface area contributed by atoms with Gasteiger partial charge in [0.2, 0.25) is 11.8 Å². The Bertz CT molecular complexity index is 1950. The van der Waals surface area contributed by atoms with Crippen molar-refractivity contribution in [3.63, 3.8) is 0 Å². The van der Waals surface area contributed by atoms with Gasteiger partial charge in [0.1, 0.15) is 29.7 Å². The highest BCUT2D eigenvalue weighted by Crippen LogP contribution is 2.43. The number of piperidine rings is 1. The van der Waals surface area contributed by atoms with E-state index in [0.717, 1.165) is 47.3 Å². The lowest BCUT2D eigenvalue weighted by atomic mass is 9.79. The average molecular weight is 690 g/mol. The molecule has 2 aliphatic heterocycles. The molecule has 4 heterocycles. The van der Waals surface area contributed by atoms with Crippen LogP contribution >= 0.6 is 0 Å². The van der Waals surface area contributed by atoms with E-state index in [1.54, 1.807) is 7.11 Å². The van der Waals surface area contributed by atoms with Gasteiger partial charge in [-0.1, -0.05) is 80.1 Å². The molecule has 11 heteroatoms. The molecule has 2 aliphatic rings. The van der Waals surface area contributed by atoms with Crippen molar-refractivity contribution in [2.75, 3.05) is 18.6 Å². The number of carbonyl (C=O) groups is 2. The van der Waals surface area contributed by atoms with Crippen LogP contribution in [0.15, 0.2) is 85.2 Å². The maximum atomic E-state index is 13.4. The summed E-state index contributed by atoms with van der Waals surface area (Å²) in [5, 5.41) is 9.79. The van der Waals surface area contributed by atoms with Crippen molar-refractivity contribution in [2.24, 2.45) is 5.92 Å². The molecular weight excluding hydrogens is 646 g/mol. The standard InChI is InChI=1S/C40H43N5O6/c1-4-8-28-13-21-34(47)45(39(28)48)38-36-37(41-25-42-38)44(26(2)43-36)35-22-20-33(51-35)24-50-40(29-9-6-5-7-10-29,30-14-11-27(23-46)12-15-30)31-16-18-32(49-3)19-17-31/h5-7,9-12,14-19,25,28,33,35,46H,4,8,13,20-24H2,1-3H3/t28?,33-,35+,40?/m0/s1. The van der Waals surface area contributed by atoms with E-state index < -0.39 is 5.60 Å². The maximum absolute atomic E-state index is 13.4. The molecule has 1 N–H and O–H groups in total. The third kappa shape index (κ3) is 6.41. The first kappa shape index (κ1) is 34.5. The summed E-state index contributed by atoms with van der Waals surface area (Å²) in [6.07, 6.45) is 4.59. The molecule has 5 aromatic rings. The van der Waals surface area contributed by atoms with Gasteiger partial charge in [-0.15, -0.1) is 0 Å². The minimum absolute atomic E-state index is 0.0574. The number of aromatic nitrogens is 4. The fourth-order valence-corrected chi connectivity index (χ4v) is 7.50. The second kappa shape index (κ2) is 14.7. The number of aliphatic hydroxyl groups is 1. The van der Waals surface area contributed by atoms with Gasteiger partial charge in [-0.05, 0) is 67.0 Å². The zero-order valence-corrected chi connectivity index (χ0v) is 29.2. The van der Waals surface area contributed by atoms with E-state index in [2.05, 4.69) is 22.1 Å². The highest BCUT2D eigenvalue weighted by atomic mass is 16.6. The number of nitrogens with zero attached hydrogens (tertiary/aromatic N) is 5. The Morgan fingerprint density at radius 2 is 1.63 bits per heavy atom. The Kier molecular flexibility index (Phi) is 9.95. The highest BCUT2D eigenvalue weighted by molar-refractivity contribution is 6.19. The smallest absolute Gasteiger partial charge is 0.238 e. The normalized spacial score (nSPS) is 20.5. The molecule has 4 atom stereocenters. The first-order valence-electron chi connectivity index (χ1n) is 17.6. The number of methoxy groups -OCH3 is 1. The molecule has 2 amide bonds. The van der Waals surface area contributed by atoms with E-state index in [4.69, 9.17) is 19.2 Å². The zero-order valence-electron chi connectivity index (χ0n) is 29.2. The van der Waals surface area contributed by atoms with E-state index in [1.165, 1.54) is 11.2 Å². The second-order valence-corrected chi connectivity index (χ2v) is 13.2. The van der Waals surface area contributed by atoms with Gasteiger partial charge in [-0.3, -0.25) is 14.2 Å². The Balaban J connectivity index is 1.19. The number of aryl methyl sites for hydroxylation is 1. The minimum atomic E-state index is -0.994. The summed E-state index contributed by atoms with van der Waals surface area (Å²) in [5.74, 6) is 0.922. The zero-order chi connectivity index (χ0) is 35.5. The van der Waals surface area contributed by atoms with Gasteiger partial charge in [0.15, 0.2) is 17.0 Å². The highest BCUT2D eigenvalue weighted by Gasteiger charge is 2.41. The predicted molar refractivity (Wildman–Crippen MR) is 191 cm³/mol. The number of carbonyl (C=O) groups excluding carboxylic acids is 2. The maximum Gasteiger partial charge on any atom is 0.238 e. The van der Waals surface area contributed by atoms with Gasteiger partial charge < -0.3 is 19.3 Å². The summed E-state index contributed by atoms with van der Waals surface area (Å²) in [5.41, 5.74) is 3.52. The van der Waals surface area contributed by atoms with Crippen LogP contribution in [-0.4, -0.2) is 56.3 Å². The van der Waals surface area contributed by atoms with Crippen LogP contribution in [0.4, 0.5) is 5.82 Å². The number of aliphatic hydroxyl groups excluding tert-OH is 1. The number of imidazole rings is 1. The van der Waals surface area contributed by atoms with Crippen molar-refractivity contribution in [3.05, 3.63) is 113 Å². The predicted octanol–water partition coefficient (Wildman–Crippen LogP) is 6.39. The van der Waals surface area contributed by atoms with Crippen LogP contribution in [0.5, 0.6) is 5.75 Å². The van der Waals surface area contributed by atoms with Crippen molar-refractivity contribution < 1.29 is 28.9 Å². The monoisotopic (exact) mass is 689 g/mol. The van der Waals surface area contributed by atoms with Gasteiger partial charge in [0.05, 0.1) is 26.4 Å². The van der Waals surface area contributed by atoms with Gasteiger partial charge in [0.25, 0.3) is 0 Å². The Labute approximate surface area is 297 Å². The lowest BCUT2D eigenvalue weighted by molar-refractivity contribution is -0.132. The quantitative estimate of drug-likeness (QED) is 0.117. The van der Waals surface area contributed by atoms with Crippen LogP contribution in [0.25, 0.3) is 11.2 Å². The summed E-state index contributed by atoms with van der Waals surface area (Å²) in [4.78, 5) is 41.5. The summed E-state index contributed by atoms with van der Waals surface area (Å²) < 4.78 is 21.2. The summed E-state index contributed by atoms with van der Waals surface area (Å²) in [7, 11) is 1.64. The summed E-state index contributed by atoms with van der Waals surface area (Å²) in [6.45, 7) is 4.13. The number of ether oxygens (including phenoxy) is 3. The first-order valence-corrected chi connectivity index (χ1v) is 17.6. The lowest BCUT2D eigenvalue weighted by Gasteiger charge is -2.37. The van der Waals surface area contributed by atoms with Crippen LogP contribution in [0.3, 0.4) is 0 Å². The molecule has 51 heavy (non-hydrogen) atoms. The van der Waals surface area contributed by atoms with E-state index >= 15 is 0 Å². The molecule has 264 valence electrons. The van der Waals surface area contributed by atoms with Crippen LogP contribution in [0.1, 0.15) is 79.8 Å². The fourth-order valence-electron chi connectivity index (χ4n) is 7.50. The third-order valence-corrected chi connectivity index (χ3v) is 10.1. The fraction of sp³-hybridized carbons (Fsp3) is 0.375. The molecule has 2 saturated heterocycles. The number of hydrogen-bond acceptors (Lipinski definition) is 9. The molecule has 0 aliphatic carbocycles. The van der Waals surface area contributed by atoms with Crippen molar-refractivity contribution in [1.29, 1.82) is 0 Å². The molecule has 0 saturated carbocycles. The molecule has 11 nitrogen and oxygen atoms in total. The summed E-state index contributed by atoms with van der Waals surface area (Å²) >= 11 is 0. The third-order valence-electron chi connectivity index (χ3n) is 10.1. The number of fused-ring (bicyclic) bond motifs is 1. The lowest BCUT2D eigenvalue weighted by Crippen LogP contribution is -2.45. The van der Waals surface area contributed by atoms with Crippen LogP contribution in [0.2, 0.25) is 0 Å². The second-order valence-electron chi connectivity index (χ2n) is 13.2. The van der Waals surface area contributed by atoms with Crippen LogP contribution in [-0.2, 0) is 31.3 Å². The number of anilines is 1. The number of benzene rings is 3. The minimum Gasteiger partial charge on any atom is -0.497 e. The largest absolute Gasteiger partial charge is 0.497 e. The first-order chi connectivity index (χ1) is 24.9. The molecule has 2 unspecified atom stereocenters. The molecule has 0 radical (unpaired) electrons. The van der Waals surface area contributed by atoms with Gasteiger partial charge in [-0.25, -0.2) is 19.9 Å². The van der Waals surface area contributed by atoms with Gasteiger partial charge >= 0.3 is 0 Å². The van der Waals surface area contributed by atoms with E-state index in [-0.39, 0.29) is 49.1 Å². The summed E-state index contributed by atoms with van der Waals surface area (Å²) in [6, 6.07) is 25.8. The molecule has 2 fully saturated rings. The van der Waals surface area contributed by atoms with E-state index in [0.29, 0.717) is 36.3 Å². The van der Waals surface area contributed by atoms with Crippen molar-refractivity contribution in [2.45, 2.75) is 76.9 Å². The Morgan fingerprint density at radius 1 is 0.922 bits per heavy atom. The molecule has 0 spiro atoms. The topological polar surface area (TPSA) is 129 Å². The molecule has 3 aromatic carbocycles. The number of rotatable bonds is 12. The molecular formula is C40H43N5O6. The Hall–Kier alpha value is -4.97. The van der Waals surface area contributed by atoms with Crippen LogP contribution < -0.4 is 9.64 Å². The number of hydrogen-bond donors (Lipinski definition) is 1. The van der Waals surface area contributed by atoms with Crippen molar-refractivity contribution in [3.8, 4) is 5.75 Å². The molecule has 0 bridgehead atoms. The Morgan fingerprint density at radius 3 is 2.31 bits per heavy atom. The van der Waals surface area contributed by atoms with Gasteiger partial charge in [-0.2, -0.15) is 0 Å². The van der Waals surface area contributed by atoms with Crippen LogP contribution in [0, 0.1) is 12.8 Å². The SMILES string of the molecule is CCCC1CCC(=O)N(c2ncnc3c2nc(C)n3[C@H]2CC[C@@H](COC(c3ccccc3)(c3ccc(CO)cc3)c3ccc(OC)cc3)O2)C1=O. The average Bonchev–Trinajstić information content (AvgIpc) is 3.77. The van der Waals surface area contributed by atoms with Gasteiger partial charge in [0, 0.05) is 12.3 Å². The van der Waals surface area contributed by atoms with E-state index in [1.807, 2.05) is 85.1 Å². The van der Waals surface area contributed by atoms with E-state index in [9.17, 15) is 14.7 Å². The van der Waals surface area contributed by atoms with Crippen molar-refractivity contribution >= 4 is 28.8 Å². The van der Waals surface area contributed by atoms with Crippen molar-refractivity contribution in [1.82, 2.24) is 19.5 Å². The molecule has 2 aromatic heterocycles. The molecule has 7 rings (SSSR count). The number of amides is 2. The number of imide groups is 1.